The molecule has 1 amide bonds. The third-order valence-electron chi connectivity index (χ3n) is 3.88. The number of nitrogens with one attached hydrogen (secondary N) is 1. The van der Waals surface area contributed by atoms with Gasteiger partial charge in [0.15, 0.2) is 0 Å². The molecule has 122 valence electrons. The van der Waals surface area contributed by atoms with E-state index in [0.717, 1.165) is 27.4 Å². The van der Waals surface area contributed by atoms with E-state index in [0.29, 0.717) is 5.75 Å². The molecular weight excluding hydrogens is 316 g/mol. The molecule has 1 aromatic heterocycles. The normalized spacial score (nSPS) is 10.8. The zero-order valence-electron chi connectivity index (χ0n) is 14.1. The molecule has 0 spiro atoms. The highest BCUT2D eigenvalue weighted by Crippen LogP contribution is 2.25. The quantitative estimate of drug-likeness (QED) is 0.690. The number of hydrogen-bond donors (Lipinski definition) is 1. The van der Waals surface area contributed by atoms with E-state index in [1.807, 2.05) is 37.3 Å². The fourth-order valence-corrected chi connectivity index (χ4v) is 3.43. The van der Waals surface area contributed by atoms with Crippen LogP contribution in [-0.2, 0) is 4.79 Å². The maximum absolute atomic E-state index is 12.2. The minimum absolute atomic E-state index is 0.0186. The van der Waals surface area contributed by atoms with Crippen molar-refractivity contribution in [2.75, 3.05) is 11.1 Å². The van der Waals surface area contributed by atoms with Crippen LogP contribution in [0.5, 0.6) is 0 Å². The molecule has 0 bridgehead atoms. The number of aromatic nitrogens is 1. The van der Waals surface area contributed by atoms with Crippen LogP contribution in [0.4, 0.5) is 5.69 Å². The van der Waals surface area contributed by atoms with Crippen LogP contribution in [0.3, 0.4) is 0 Å². The van der Waals surface area contributed by atoms with Gasteiger partial charge < -0.3 is 5.32 Å². The number of rotatable bonds is 4. The van der Waals surface area contributed by atoms with E-state index >= 15 is 0 Å². The second-order valence-electron chi connectivity index (χ2n) is 5.95. The van der Waals surface area contributed by atoms with Crippen molar-refractivity contribution in [1.29, 1.82) is 0 Å². The average molecular weight is 336 g/mol. The molecule has 0 aliphatic carbocycles. The number of carbonyl (C=O) groups excluding carboxylic acids is 1. The summed E-state index contributed by atoms with van der Waals surface area (Å²) >= 11 is 1.47. The van der Waals surface area contributed by atoms with Gasteiger partial charge in [-0.15, -0.1) is 0 Å². The van der Waals surface area contributed by atoms with Gasteiger partial charge in [-0.1, -0.05) is 42.1 Å². The summed E-state index contributed by atoms with van der Waals surface area (Å²) in [4.78, 5) is 16.9. The van der Waals surface area contributed by atoms with Crippen LogP contribution in [0.2, 0.25) is 0 Å². The maximum Gasteiger partial charge on any atom is 0.234 e. The van der Waals surface area contributed by atoms with E-state index in [-0.39, 0.29) is 5.91 Å². The average Bonchev–Trinajstić information content (AvgIpc) is 2.54. The third-order valence-corrected chi connectivity index (χ3v) is 4.79. The number of amides is 1. The SMILES string of the molecule is Cc1cccc(NC(=O)CSc2cc(C)c3cccc(C)c3n2)c1. The van der Waals surface area contributed by atoms with E-state index < -0.39 is 0 Å². The summed E-state index contributed by atoms with van der Waals surface area (Å²) in [6.45, 7) is 6.16. The molecule has 0 saturated carbocycles. The predicted molar refractivity (Wildman–Crippen MR) is 102 cm³/mol. The lowest BCUT2D eigenvalue weighted by atomic mass is 10.1. The van der Waals surface area contributed by atoms with Gasteiger partial charge in [-0.3, -0.25) is 4.79 Å². The van der Waals surface area contributed by atoms with Crippen LogP contribution in [0.25, 0.3) is 10.9 Å². The highest BCUT2D eigenvalue weighted by atomic mass is 32.2. The van der Waals surface area contributed by atoms with Gasteiger partial charge in [0.25, 0.3) is 0 Å². The summed E-state index contributed by atoms with van der Waals surface area (Å²) in [6, 6.07) is 16.1. The summed E-state index contributed by atoms with van der Waals surface area (Å²) in [6.07, 6.45) is 0. The number of benzene rings is 2. The van der Waals surface area contributed by atoms with Crippen molar-refractivity contribution in [3.8, 4) is 0 Å². The van der Waals surface area contributed by atoms with Crippen molar-refractivity contribution in [3.05, 3.63) is 65.2 Å². The van der Waals surface area contributed by atoms with Crippen LogP contribution in [-0.4, -0.2) is 16.6 Å². The monoisotopic (exact) mass is 336 g/mol. The van der Waals surface area contributed by atoms with Gasteiger partial charge in [-0.2, -0.15) is 0 Å². The maximum atomic E-state index is 12.2. The lowest BCUT2D eigenvalue weighted by molar-refractivity contribution is -0.113. The Labute approximate surface area is 146 Å². The molecule has 0 atom stereocenters. The Morgan fingerprint density at radius 1 is 1.04 bits per heavy atom. The third kappa shape index (κ3) is 3.77. The van der Waals surface area contributed by atoms with Gasteiger partial charge in [0.05, 0.1) is 16.3 Å². The van der Waals surface area contributed by atoms with Crippen LogP contribution in [0.15, 0.2) is 53.6 Å². The summed E-state index contributed by atoms with van der Waals surface area (Å²) in [5.41, 5.74) is 5.31. The first-order valence-electron chi connectivity index (χ1n) is 7.89. The molecule has 3 rings (SSSR count). The number of hydrogen-bond acceptors (Lipinski definition) is 3. The number of nitrogens with zero attached hydrogens (tertiary/aromatic N) is 1. The Balaban J connectivity index is 1.71. The molecule has 0 aliphatic heterocycles. The summed E-state index contributed by atoms with van der Waals surface area (Å²) < 4.78 is 0. The highest BCUT2D eigenvalue weighted by Gasteiger charge is 2.08. The predicted octanol–water partition coefficient (Wildman–Crippen LogP) is 4.89. The Morgan fingerprint density at radius 3 is 2.62 bits per heavy atom. The lowest BCUT2D eigenvalue weighted by Crippen LogP contribution is -2.14. The summed E-state index contributed by atoms with van der Waals surface area (Å²) in [5.74, 6) is 0.326. The molecule has 0 radical (unpaired) electrons. The largest absolute Gasteiger partial charge is 0.325 e. The molecule has 0 aliphatic rings. The molecule has 2 aromatic carbocycles. The van der Waals surface area contributed by atoms with Gasteiger partial charge in [0.2, 0.25) is 5.91 Å². The Hall–Kier alpha value is -2.33. The number of pyridine rings is 1. The molecule has 0 saturated heterocycles. The van der Waals surface area contributed by atoms with Gasteiger partial charge >= 0.3 is 0 Å². The van der Waals surface area contributed by atoms with E-state index in [4.69, 9.17) is 4.98 Å². The molecule has 1 heterocycles. The Kier molecular flexibility index (Phi) is 4.86. The molecule has 24 heavy (non-hydrogen) atoms. The minimum atomic E-state index is -0.0186. The first-order valence-corrected chi connectivity index (χ1v) is 8.88. The number of anilines is 1. The second-order valence-corrected chi connectivity index (χ2v) is 6.95. The molecule has 0 fully saturated rings. The van der Waals surface area contributed by atoms with E-state index in [9.17, 15) is 4.79 Å². The van der Waals surface area contributed by atoms with Crippen LogP contribution >= 0.6 is 11.8 Å². The number of carbonyl (C=O) groups is 1. The highest BCUT2D eigenvalue weighted by molar-refractivity contribution is 7.99. The first kappa shape index (κ1) is 16.5. The van der Waals surface area contributed by atoms with Crippen molar-refractivity contribution in [2.24, 2.45) is 0 Å². The number of fused-ring (bicyclic) bond motifs is 1. The van der Waals surface area contributed by atoms with Gasteiger partial charge in [0.1, 0.15) is 0 Å². The van der Waals surface area contributed by atoms with Crippen LogP contribution in [0, 0.1) is 20.8 Å². The topological polar surface area (TPSA) is 42.0 Å². The van der Waals surface area contributed by atoms with Crippen molar-refractivity contribution in [1.82, 2.24) is 4.98 Å². The Bertz CT molecular complexity index is 905. The summed E-state index contributed by atoms with van der Waals surface area (Å²) in [7, 11) is 0. The van der Waals surface area contributed by atoms with Crippen molar-refractivity contribution < 1.29 is 4.79 Å². The van der Waals surface area contributed by atoms with Crippen molar-refractivity contribution in [2.45, 2.75) is 25.8 Å². The zero-order chi connectivity index (χ0) is 17.1. The number of para-hydroxylation sites is 1. The molecular formula is C20H20N2OS. The van der Waals surface area contributed by atoms with E-state index in [1.54, 1.807) is 0 Å². The Morgan fingerprint density at radius 2 is 1.83 bits per heavy atom. The van der Waals surface area contributed by atoms with Gasteiger partial charge in [-0.05, 0) is 55.7 Å². The van der Waals surface area contributed by atoms with E-state index in [1.165, 1.54) is 22.7 Å². The van der Waals surface area contributed by atoms with Gasteiger partial charge in [0, 0.05) is 11.1 Å². The van der Waals surface area contributed by atoms with Crippen molar-refractivity contribution >= 4 is 34.3 Å². The van der Waals surface area contributed by atoms with E-state index in [2.05, 4.69) is 37.4 Å². The standard InChI is InChI=1S/C20H20N2OS/c1-13-6-4-8-16(10-13)21-18(23)12-24-19-11-15(3)17-9-5-7-14(2)20(17)22-19/h4-11H,12H2,1-3H3,(H,21,23). The van der Waals surface area contributed by atoms with Gasteiger partial charge in [-0.25, -0.2) is 4.98 Å². The smallest absolute Gasteiger partial charge is 0.234 e. The second kappa shape index (κ2) is 7.05. The molecule has 3 aromatic rings. The fraction of sp³-hybridized carbons (Fsp3) is 0.200. The molecule has 1 N–H and O–H groups in total. The molecule has 3 nitrogen and oxygen atoms in total. The number of thioether (sulfide) groups is 1. The molecule has 4 heteroatoms. The summed E-state index contributed by atoms with van der Waals surface area (Å²) in [5, 5.41) is 4.98. The van der Waals surface area contributed by atoms with Crippen LogP contribution < -0.4 is 5.32 Å². The van der Waals surface area contributed by atoms with Crippen molar-refractivity contribution in [3.63, 3.8) is 0 Å². The zero-order valence-corrected chi connectivity index (χ0v) is 14.9. The minimum Gasteiger partial charge on any atom is -0.325 e. The van der Waals surface area contributed by atoms with Crippen LogP contribution in [0.1, 0.15) is 16.7 Å². The number of aryl methyl sites for hydroxylation is 3. The molecule has 0 unspecified atom stereocenters. The fourth-order valence-electron chi connectivity index (χ4n) is 2.66. The first-order chi connectivity index (χ1) is 11.5. The lowest BCUT2D eigenvalue weighted by Gasteiger charge is -2.09.